The summed E-state index contributed by atoms with van der Waals surface area (Å²) in [6.07, 6.45) is 0. The van der Waals surface area contributed by atoms with E-state index in [1.165, 1.54) is 0 Å². The van der Waals surface area contributed by atoms with E-state index in [1.807, 2.05) is 0 Å². The summed E-state index contributed by atoms with van der Waals surface area (Å²) in [5.74, 6) is -5.46. The molecular formula is C8H14O5. The van der Waals surface area contributed by atoms with Crippen molar-refractivity contribution in [1.82, 2.24) is 0 Å². The molecule has 5 heteroatoms. The van der Waals surface area contributed by atoms with Gasteiger partial charge in [0.05, 0.1) is 0 Å². The van der Waals surface area contributed by atoms with Gasteiger partial charge in [-0.2, -0.15) is 0 Å². The molecule has 2 N–H and O–H groups in total. The zero-order valence-corrected chi connectivity index (χ0v) is 8.12. The molecule has 0 aliphatic carbocycles. The van der Waals surface area contributed by atoms with Crippen LogP contribution in [-0.4, -0.2) is 33.4 Å². The third-order valence-electron chi connectivity index (χ3n) is 1.17. The number of aliphatic hydroxyl groups is 2. The van der Waals surface area contributed by atoms with Crippen LogP contribution in [0, 0.1) is 0 Å². The topological polar surface area (TPSA) is 83.8 Å². The Bertz CT molecular complexity index is 223. The van der Waals surface area contributed by atoms with E-state index in [4.69, 9.17) is 10.2 Å². The zero-order chi connectivity index (χ0) is 10.9. The number of Topliss-reactive ketones (excluding diaryl/α,β-unsaturated/α-hetero) is 1. The molecule has 0 aromatic carbocycles. The number of carbonyl (C=O) groups excluding carboxylic acids is 2. The molecule has 0 aromatic rings. The quantitative estimate of drug-likeness (QED) is 0.351. The largest absolute Gasteiger partial charge is 0.456 e. The number of ketones is 1. The molecule has 0 unspecified atom stereocenters. The van der Waals surface area contributed by atoms with Crippen LogP contribution in [0.25, 0.3) is 0 Å². The predicted octanol–water partition coefficient (Wildman–Crippen LogP) is -0.402. The number of esters is 1. The first-order chi connectivity index (χ1) is 5.57. The fourth-order valence-electron chi connectivity index (χ4n) is 0.493. The maximum Gasteiger partial charge on any atom is 0.375 e. The summed E-state index contributed by atoms with van der Waals surface area (Å²) in [5, 5.41) is 17.9. The number of rotatable bonds is 2. The molecule has 0 aromatic heterocycles. The molecule has 0 aliphatic rings. The minimum Gasteiger partial charge on any atom is -0.456 e. The van der Waals surface area contributed by atoms with Crippen LogP contribution in [0.15, 0.2) is 0 Å². The fraction of sp³-hybridized carbons (Fsp3) is 0.750. The third-order valence-corrected chi connectivity index (χ3v) is 1.17. The van der Waals surface area contributed by atoms with E-state index in [1.54, 1.807) is 20.8 Å². The van der Waals surface area contributed by atoms with E-state index in [0.29, 0.717) is 0 Å². The Morgan fingerprint density at radius 2 is 1.54 bits per heavy atom. The van der Waals surface area contributed by atoms with Crippen LogP contribution in [0.2, 0.25) is 0 Å². The predicted molar refractivity (Wildman–Crippen MR) is 43.7 cm³/mol. The van der Waals surface area contributed by atoms with Crippen molar-refractivity contribution in [2.45, 2.75) is 39.1 Å². The van der Waals surface area contributed by atoms with Gasteiger partial charge in [0, 0.05) is 6.92 Å². The van der Waals surface area contributed by atoms with Crippen LogP contribution in [0.3, 0.4) is 0 Å². The minimum absolute atomic E-state index is 0.858. The first-order valence-electron chi connectivity index (χ1n) is 3.76. The Kier molecular flexibility index (Phi) is 3.18. The minimum atomic E-state index is -3.03. The van der Waals surface area contributed by atoms with Gasteiger partial charge in [-0.3, -0.25) is 4.79 Å². The van der Waals surface area contributed by atoms with Crippen molar-refractivity contribution in [3.8, 4) is 0 Å². The zero-order valence-electron chi connectivity index (χ0n) is 8.12. The number of carbonyl (C=O) groups is 2. The maximum absolute atomic E-state index is 11.0. The second-order valence-electron chi connectivity index (χ2n) is 3.73. The summed E-state index contributed by atoms with van der Waals surface area (Å²) >= 11 is 0. The first-order valence-corrected chi connectivity index (χ1v) is 3.76. The highest BCUT2D eigenvalue weighted by Crippen LogP contribution is 2.13. The lowest BCUT2D eigenvalue weighted by atomic mass is 10.1. The fourth-order valence-corrected chi connectivity index (χ4v) is 0.493. The lowest BCUT2D eigenvalue weighted by molar-refractivity contribution is -0.215. The lowest BCUT2D eigenvalue weighted by Gasteiger charge is -2.24. The molecule has 5 nitrogen and oxygen atoms in total. The van der Waals surface area contributed by atoms with Crippen molar-refractivity contribution in [3.05, 3.63) is 0 Å². The van der Waals surface area contributed by atoms with E-state index in [9.17, 15) is 9.59 Å². The molecule has 0 saturated carbocycles. The molecule has 0 spiro atoms. The highest BCUT2D eigenvalue weighted by atomic mass is 16.6. The van der Waals surface area contributed by atoms with Crippen molar-refractivity contribution < 1.29 is 24.5 Å². The summed E-state index contributed by atoms with van der Waals surface area (Å²) in [4.78, 5) is 21.6. The monoisotopic (exact) mass is 190 g/mol. The maximum atomic E-state index is 11.0. The van der Waals surface area contributed by atoms with Gasteiger partial charge < -0.3 is 14.9 Å². The SMILES string of the molecule is CC(=O)C(O)(O)C(=O)OC(C)(C)C. The van der Waals surface area contributed by atoms with Gasteiger partial charge in [0.15, 0.2) is 0 Å². The highest BCUT2D eigenvalue weighted by Gasteiger charge is 2.42. The van der Waals surface area contributed by atoms with Gasteiger partial charge in [-0.1, -0.05) is 0 Å². The summed E-state index contributed by atoms with van der Waals surface area (Å²) in [5.41, 5.74) is -0.858. The molecule has 76 valence electrons. The van der Waals surface area contributed by atoms with Gasteiger partial charge in [0.1, 0.15) is 5.60 Å². The summed E-state index contributed by atoms with van der Waals surface area (Å²) < 4.78 is 4.60. The van der Waals surface area contributed by atoms with E-state index in [2.05, 4.69) is 4.74 Å². The molecule has 0 fully saturated rings. The number of ether oxygens (including phenoxy) is 1. The van der Waals surface area contributed by atoms with Crippen LogP contribution >= 0.6 is 0 Å². The number of hydrogen-bond acceptors (Lipinski definition) is 5. The summed E-state index contributed by atoms with van der Waals surface area (Å²) in [6.45, 7) is 5.56. The van der Waals surface area contributed by atoms with Gasteiger partial charge in [-0.15, -0.1) is 0 Å². The van der Waals surface area contributed by atoms with Crippen LogP contribution < -0.4 is 0 Å². The van der Waals surface area contributed by atoms with E-state index >= 15 is 0 Å². The van der Waals surface area contributed by atoms with Crippen molar-refractivity contribution in [1.29, 1.82) is 0 Å². The van der Waals surface area contributed by atoms with Gasteiger partial charge >= 0.3 is 11.8 Å². The Hall–Kier alpha value is -0.940. The van der Waals surface area contributed by atoms with Crippen LogP contribution in [-0.2, 0) is 14.3 Å². The lowest BCUT2D eigenvalue weighted by Crippen LogP contribution is -2.48. The molecular weight excluding hydrogens is 176 g/mol. The van der Waals surface area contributed by atoms with Gasteiger partial charge in [0.25, 0.3) is 0 Å². The van der Waals surface area contributed by atoms with Crippen molar-refractivity contribution in [3.63, 3.8) is 0 Å². The molecule has 0 heterocycles. The van der Waals surface area contributed by atoms with Crippen LogP contribution in [0.5, 0.6) is 0 Å². The van der Waals surface area contributed by atoms with E-state index in [0.717, 1.165) is 6.92 Å². The molecule has 0 saturated heterocycles. The van der Waals surface area contributed by atoms with Crippen LogP contribution in [0.4, 0.5) is 0 Å². The molecule has 0 atom stereocenters. The Morgan fingerprint density at radius 1 is 1.15 bits per heavy atom. The standard InChI is InChI=1S/C8H14O5/c1-5(9)8(11,12)6(10)13-7(2,3)4/h11-12H,1-4H3. The van der Waals surface area contributed by atoms with Crippen molar-refractivity contribution >= 4 is 11.8 Å². The van der Waals surface area contributed by atoms with Crippen LogP contribution in [0.1, 0.15) is 27.7 Å². The number of hydrogen-bond donors (Lipinski definition) is 2. The Morgan fingerprint density at radius 3 is 1.77 bits per heavy atom. The molecule has 0 bridgehead atoms. The smallest absolute Gasteiger partial charge is 0.375 e. The Balaban J connectivity index is 4.53. The first kappa shape index (κ1) is 12.1. The average Bonchev–Trinajstić information content (AvgIpc) is 1.82. The molecule has 0 amide bonds. The van der Waals surface area contributed by atoms with Gasteiger partial charge in [0.2, 0.25) is 5.78 Å². The van der Waals surface area contributed by atoms with Crippen molar-refractivity contribution in [2.75, 3.05) is 0 Å². The molecule has 0 radical (unpaired) electrons. The highest BCUT2D eigenvalue weighted by molar-refractivity contribution is 6.03. The van der Waals surface area contributed by atoms with Gasteiger partial charge in [-0.25, -0.2) is 4.79 Å². The average molecular weight is 190 g/mol. The molecule has 0 rings (SSSR count). The summed E-state index contributed by atoms with van der Waals surface area (Å²) in [6, 6.07) is 0. The summed E-state index contributed by atoms with van der Waals surface area (Å²) in [7, 11) is 0. The van der Waals surface area contributed by atoms with E-state index in [-0.39, 0.29) is 0 Å². The third kappa shape index (κ3) is 3.52. The second-order valence-corrected chi connectivity index (χ2v) is 3.73. The normalized spacial score (nSPS) is 12.5. The Labute approximate surface area is 76.3 Å². The molecule has 0 aliphatic heterocycles. The second kappa shape index (κ2) is 3.43. The van der Waals surface area contributed by atoms with Gasteiger partial charge in [-0.05, 0) is 20.8 Å². The molecule has 13 heavy (non-hydrogen) atoms. The van der Waals surface area contributed by atoms with Crippen molar-refractivity contribution in [2.24, 2.45) is 0 Å². The van der Waals surface area contributed by atoms with E-state index < -0.39 is 23.1 Å².